The summed E-state index contributed by atoms with van der Waals surface area (Å²) in [6.07, 6.45) is -29.6. The molecule has 31 nitrogen and oxygen atoms in total. The lowest BCUT2D eigenvalue weighted by molar-refractivity contribution is -0.305. The molecule has 4 rings (SSSR count). The fraction of sp³-hybridized carbons (Fsp3) is 0.556. The summed E-state index contributed by atoms with van der Waals surface area (Å²) in [6, 6.07) is 0. The van der Waals surface area contributed by atoms with E-state index in [1.165, 1.54) is 0 Å². The van der Waals surface area contributed by atoms with Crippen LogP contribution in [0.25, 0.3) is 0 Å². The first-order valence-electron chi connectivity index (χ1n) is 15.1. The molecular weight excluding hydrogens is 1140 g/mol. The van der Waals surface area contributed by atoms with Gasteiger partial charge in [-0.1, -0.05) is 12.2 Å². The smallest absolute Gasteiger partial charge is 0.384 e. The van der Waals surface area contributed by atoms with Crippen molar-refractivity contribution in [3.8, 4) is 0 Å². The molecule has 0 radical (unpaired) electrons. The number of alkyl halides is 6. The van der Waals surface area contributed by atoms with Gasteiger partial charge in [0.1, 0.15) is 16.8 Å². The van der Waals surface area contributed by atoms with Crippen LogP contribution in [0.4, 0.5) is 40.9 Å². The number of aliphatic hydroxyl groups is 4. The molecule has 66 heavy (non-hydrogen) atoms. The summed E-state index contributed by atoms with van der Waals surface area (Å²) in [7, 11) is -36.0. The highest BCUT2D eigenvalue weighted by Crippen LogP contribution is 2.69. The van der Waals surface area contributed by atoms with Gasteiger partial charge >= 0.3 is 59.3 Å². The summed E-state index contributed by atoms with van der Waals surface area (Å²) < 4.78 is 205. The molecule has 0 aliphatic carbocycles. The molecule has 2 aromatic heterocycles. The number of nitrogens with zero attached hydrogens (tertiary/aromatic N) is 3. The second kappa shape index (κ2) is 19.7. The van der Waals surface area contributed by atoms with Crippen LogP contribution in [0.15, 0.2) is 12.4 Å². The number of aliphatic hydroxyl groups excluding tert-OH is 2. The lowest BCUT2D eigenvalue weighted by atomic mass is 9.96. The SMILES string of the molecule is Nc1nc(=S)n([C@@H]2O[C@H](OP(=O)(O)OP(=O)(O)OP(=O)(O)O)[C@H](O)C2(O)C(F)(F)F)cc1F.O=P(O)(O)OP(=O)(O)OP(=O)(O)O[C@H]1O[C@@H](n2cc(F)c(=S)[nH]c2=S)C(O)(C(F)(F)F)[C@H]1O. The Bertz CT molecular complexity index is 2670. The molecule has 48 heteroatoms. The normalized spacial score (nSPS) is 30.1. The summed E-state index contributed by atoms with van der Waals surface area (Å²) in [5, 5.41) is 40.3. The van der Waals surface area contributed by atoms with Gasteiger partial charge in [0.15, 0.2) is 34.7 Å². The molecule has 2 aliphatic heterocycles. The predicted octanol–water partition coefficient (Wildman–Crippen LogP) is 1.45. The summed E-state index contributed by atoms with van der Waals surface area (Å²) in [4.78, 5) is 76.0. The first-order valence-corrected chi connectivity index (χ1v) is 25.4. The zero-order valence-corrected chi connectivity index (χ0v) is 37.9. The maximum absolute atomic E-state index is 13.8. The van der Waals surface area contributed by atoms with Gasteiger partial charge in [-0.15, -0.1) is 0 Å². The number of hydrogen-bond donors (Lipinski definition) is 14. The van der Waals surface area contributed by atoms with Crippen molar-refractivity contribution < 1.29 is 158 Å². The maximum atomic E-state index is 13.8. The van der Waals surface area contributed by atoms with Crippen LogP contribution in [0.1, 0.15) is 12.5 Å². The number of nitrogens with two attached hydrogens (primary N) is 1. The number of nitrogen functional groups attached to an aromatic ring is 1. The van der Waals surface area contributed by atoms with E-state index in [-0.39, 0.29) is 21.5 Å². The number of aromatic amines is 1. The Kier molecular flexibility index (Phi) is 17.6. The highest BCUT2D eigenvalue weighted by molar-refractivity contribution is 7.72. The number of ether oxygens (including phenoxy) is 2. The molecular formula is C18H23F8N5O26P6S3. The minimum atomic E-state index is -6.13. The summed E-state index contributed by atoms with van der Waals surface area (Å²) >= 11 is 13.8. The quantitative estimate of drug-likeness (QED) is 0.0723. The van der Waals surface area contributed by atoms with Crippen LogP contribution >= 0.6 is 83.6 Å². The van der Waals surface area contributed by atoms with Crippen LogP contribution in [0.2, 0.25) is 0 Å². The Labute approximate surface area is 370 Å². The molecule has 2 fully saturated rings. The molecule has 2 aromatic rings. The molecule has 6 unspecified atom stereocenters. The van der Waals surface area contributed by atoms with E-state index in [0.29, 0.717) is 0 Å². The van der Waals surface area contributed by atoms with Crippen molar-refractivity contribution in [1.29, 1.82) is 0 Å². The molecule has 2 saturated heterocycles. The van der Waals surface area contributed by atoms with Crippen molar-refractivity contribution in [3.05, 3.63) is 38.2 Å². The summed E-state index contributed by atoms with van der Waals surface area (Å²) in [5.74, 6) is -3.68. The highest BCUT2D eigenvalue weighted by Gasteiger charge is 2.73. The van der Waals surface area contributed by atoms with Gasteiger partial charge in [-0.2, -0.15) is 48.6 Å². The molecule has 0 saturated carbocycles. The second-order valence-corrected chi connectivity index (χ2v) is 21.9. The highest BCUT2D eigenvalue weighted by atomic mass is 32.1. The van der Waals surface area contributed by atoms with E-state index in [9.17, 15) is 92.7 Å². The van der Waals surface area contributed by atoms with Gasteiger partial charge in [-0.25, -0.2) is 36.2 Å². The van der Waals surface area contributed by atoms with E-state index in [1.807, 2.05) is 4.98 Å². The minimum Gasteiger partial charge on any atom is -0.384 e. The molecule has 12 atom stereocenters. The van der Waals surface area contributed by atoms with Crippen molar-refractivity contribution in [1.82, 2.24) is 19.1 Å². The maximum Gasteiger partial charge on any atom is 0.490 e. The van der Waals surface area contributed by atoms with E-state index < -0.39 is 139 Å². The van der Waals surface area contributed by atoms with Crippen LogP contribution in [-0.2, 0) is 63.2 Å². The van der Waals surface area contributed by atoms with Crippen molar-refractivity contribution in [3.63, 3.8) is 0 Å². The zero-order valence-electron chi connectivity index (χ0n) is 30.1. The summed E-state index contributed by atoms with van der Waals surface area (Å²) in [5.41, 5.74) is -3.71. The van der Waals surface area contributed by atoms with E-state index in [1.54, 1.807) is 0 Å². The monoisotopic (exact) mass is 1160 g/mol. The van der Waals surface area contributed by atoms with Crippen molar-refractivity contribution >= 4 is 89.4 Å². The van der Waals surface area contributed by atoms with Crippen LogP contribution in [0.5, 0.6) is 0 Å². The van der Waals surface area contributed by atoms with Crippen LogP contribution in [0.3, 0.4) is 0 Å². The molecule has 15 N–H and O–H groups in total. The number of halogens is 8. The van der Waals surface area contributed by atoms with Crippen LogP contribution in [-0.4, -0.2) is 127 Å². The van der Waals surface area contributed by atoms with Gasteiger partial charge in [-0.05, 0) is 24.4 Å². The van der Waals surface area contributed by atoms with E-state index >= 15 is 0 Å². The summed E-state index contributed by atoms with van der Waals surface area (Å²) in [6.45, 7) is 0. The molecule has 2 aliphatic rings. The lowest BCUT2D eigenvalue weighted by Crippen LogP contribution is -2.57. The topological polar surface area (TPSA) is 484 Å². The number of anilines is 1. The molecule has 0 aromatic carbocycles. The minimum absolute atomic E-state index is 0.0259. The molecule has 0 bridgehead atoms. The fourth-order valence-corrected chi connectivity index (χ4v) is 11.7. The Morgan fingerprint density at radius 2 is 1.00 bits per heavy atom. The Morgan fingerprint density at radius 3 is 1.35 bits per heavy atom. The van der Waals surface area contributed by atoms with Gasteiger partial charge in [0, 0.05) is 12.4 Å². The van der Waals surface area contributed by atoms with E-state index in [0.717, 1.165) is 0 Å². The Hall–Kier alpha value is -1.36. The third-order valence-electron chi connectivity index (χ3n) is 7.27. The number of rotatable bonds is 14. The largest absolute Gasteiger partial charge is 0.490 e. The Balaban J connectivity index is 0.000000350. The lowest BCUT2D eigenvalue weighted by Gasteiger charge is -2.33. The Morgan fingerprint density at radius 1 is 0.652 bits per heavy atom. The average Bonchev–Trinajstić information content (AvgIpc) is 3.46. The second-order valence-electron chi connectivity index (χ2n) is 11.9. The number of nitrogens with one attached hydrogen (secondary N) is 1. The molecule has 0 spiro atoms. The number of phosphoric acid groups is 6. The van der Waals surface area contributed by atoms with Crippen molar-refractivity contribution in [2.75, 3.05) is 5.73 Å². The third kappa shape index (κ3) is 13.9. The van der Waals surface area contributed by atoms with Crippen LogP contribution < -0.4 is 5.73 Å². The third-order valence-corrected chi connectivity index (χ3v) is 15.8. The zero-order chi connectivity index (χ0) is 51.6. The number of H-pyrrole nitrogens is 1. The van der Waals surface area contributed by atoms with Crippen molar-refractivity contribution in [2.24, 2.45) is 0 Å². The van der Waals surface area contributed by atoms with Gasteiger partial charge in [-0.3, -0.25) is 18.2 Å². The molecule has 4 heterocycles. The number of phosphoric ester groups is 2. The molecule has 0 amide bonds. The van der Waals surface area contributed by atoms with Crippen molar-refractivity contribution in [2.45, 2.75) is 60.8 Å². The van der Waals surface area contributed by atoms with Gasteiger partial charge < -0.3 is 79.8 Å². The first kappa shape index (κ1) is 59.0. The van der Waals surface area contributed by atoms with Gasteiger partial charge in [0.2, 0.25) is 28.6 Å². The number of aromatic nitrogens is 4. The fourth-order valence-electron chi connectivity index (χ4n) is 4.77. The van der Waals surface area contributed by atoms with E-state index in [4.69, 9.17) is 35.1 Å². The van der Waals surface area contributed by atoms with E-state index in [2.05, 4.69) is 77.4 Å². The standard InChI is InChI=1S/C9H12F4N3O13P3S.C9H11F4N2O13P3S2/c10-2-1-16(7(33)15-4(2)14)6-8(18,9(11,12)13)3(17)5(26-6)27-31(22,23)29-32(24,25)28-30(19,20)21;10-2-1-15(7(33)14-4(2)32)6-8(17,9(11,12)13)3(16)5(25-6)26-30(21,22)28-31(23,24)27-29(18,19)20/h1,3,5-6,17-18H,(H,22,23)(H,24,25)(H2,14,15,33)(H2,19,20,21);1,3,5-6,16-17H,(H,21,22)(H,23,24)(H,14,32,33)(H2,18,19,20)/t2*3-,5+,6+,8?/m00/s1. The number of hydrogen-bond acceptors (Lipinski definition) is 23. The van der Waals surface area contributed by atoms with Crippen LogP contribution in [0, 0.1) is 25.8 Å². The predicted molar refractivity (Wildman–Crippen MR) is 190 cm³/mol. The first-order chi connectivity index (χ1) is 29.2. The average molecular weight is 1160 g/mol. The van der Waals surface area contributed by atoms with Gasteiger partial charge in [0.05, 0.1) is 0 Å². The van der Waals surface area contributed by atoms with Gasteiger partial charge in [0.25, 0.3) is 0 Å². The molecule has 380 valence electrons.